The average Bonchev–Trinajstić information content (AvgIpc) is 2.86. The van der Waals surface area contributed by atoms with E-state index in [4.69, 9.17) is 0 Å². The van der Waals surface area contributed by atoms with E-state index in [9.17, 15) is 19.8 Å². The van der Waals surface area contributed by atoms with Crippen LogP contribution in [-0.2, 0) is 4.79 Å². The number of amides is 2. The molecule has 0 bridgehead atoms. The van der Waals surface area contributed by atoms with Gasteiger partial charge in [0.15, 0.2) is 0 Å². The number of likely N-dealkylation sites (tertiary alicyclic amines) is 2. The topological polar surface area (TPSA) is 81.1 Å². The fourth-order valence-corrected chi connectivity index (χ4v) is 3.38. The Balaban J connectivity index is 2.14. The van der Waals surface area contributed by atoms with Gasteiger partial charge in [0, 0.05) is 19.6 Å². The van der Waals surface area contributed by atoms with E-state index in [-0.39, 0.29) is 18.1 Å². The first-order valence-electron chi connectivity index (χ1n) is 7.40. The molecule has 2 fully saturated rings. The number of piperidine rings is 1. The van der Waals surface area contributed by atoms with Crippen molar-refractivity contribution in [2.75, 3.05) is 19.6 Å². The average molecular weight is 284 g/mol. The number of aliphatic hydroxyl groups is 1. The van der Waals surface area contributed by atoms with Crippen LogP contribution in [0.1, 0.15) is 39.5 Å². The van der Waals surface area contributed by atoms with E-state index >= 15 is 0 Å². The van der Waals surface area contributed by atoms with Crippen molar-refractivity contribution < 1.29 is 19.8 Å². The maximum absolute atomic E-state index is 12.6. The summed E-state index contributed by atoms with van der Waals surface area (Å²) >= 11 is 0. The molecule has 0 saturated carbocycles. The normalized spacial score (nSPS) is 34.4. The van der Waals surface area contributed by atoms with Crippen molar-refractivity contribution in [3.8, 4) is 0 Å². The van der Waals surface area contributed by atoms with Gasteiger partial charge in [0.05, 0.1) is 6.10 Å². The molecule has 0 aliphatic carbocycles. The Labute approximate surface area is 119 Å². The lowest BCUT2D eigenvalue weighted by atomic mass is 9.93. The number of urea groups is 1. The van der Waals surface area contributed by atoms with E-state index in [1.807, 2.05) is 13.8 Å². The molecule has 2 rings (SSSR count). The molecule has 0 aromatic carbocycles. The highest BCUT2D eigenvalue weighted by atomic mass is 16.4. The molecule has 2 saturated heterocycles. The molecule has 0 spiro atoms. The van der Waals surface area contributed by atoms with Gasteiger partial charge in [-0.2, -0.15) is 0 Å². The van der Waals surface area contributed by atoms with E-state index in [0.717, 1.165) is 6.42 Å². The van der Waals surface area contributed by atoms with Gasteiger partial charge in [-0.05, 0) is 31.6 Å². The van der Waals surface area contributed by atoms with Crippen LogP contribution in [0.5, 0.6) is 0 Å². The van der Waals surface area contributed by atoms with Gasteiger partial charge in [0.2, 0.25) is 0 Å². The summed E-state index contributed by atoms with van der Waals surface area (Å²) in [5.41, 5.74) is -1.05. The lowest BCUT2D eigenvalue weighted by molar-refractivity contribution is -0.148. The number of rotatable bonds is 2. The van der Waals surface area contributed by atoms with Gasteiger partial charge in [0.25, 0.3) is 0 Å². The summed E-state index contributed by atoms with van der Waals surface area (Å²) in [6.45, 7) is 5.24. The molecule has 2 N–H and O–H groups in total. The van der Waals surface area contributed by atoms with E-state index in [0.29, 0.717) is 38.9 Å². The monoisotopic (exact) mass is 284 g/mol. The van der Waals surface area contributed by atoms with Crippen LogP contribution in [0.4, 0.5) is 4.79 Å². The summed E-state index contributed by atoms with van der Waals surface area (Å²) in [5.74, 6) is -0.868. The Morgan fingerprint density at radius 1 is 1.35 bits per heavy atom. The number of nitrogens with zero attached hydrogens (tertiary/aromatic N) is 2. The Bertz CT molecular complexity index is 401. The summed E-state index contributed by atoms with van der Waals surface area (Å²) in [6.07, 6.45) is 1.88. The third kappa shape index (κ3) is 2.37. The molecule has 0 aromatic heterocycles. The summed E-state index contributed by atoms with van der Waals surface area (Å²) in [4.78, 5) is 27.5. The van der Waals surface area contributed by atoms with Crippen LogP contribution in [-0.4, -0.2) is 63.3 Å². The minimum atomic E-state index is -1.05. The highest BCUT2D eigenvalue weighted by molar-refractivity contribution is 5.87. The summed E-state index contributed by atoms with van der Waals surface area (Å²) < 4.78 is 0. The van der Waals surface area contributed by atoms with Crippen molar-refractivity contribution in [2.24, 2.45) is 5.92 Å². The second kappa shape index (κ2) is 5.60. The first-order chi connectivity index (χ1) is 9.42. The van der Waals surface area contributed by atoms with Gasteiger partial charge >= 0.3 is 12.0 Å². The third-order valence-electron chi connectivity index (χ3n) is 4.83. The number of aliphatic carboxylic acids is 1. The van der Waals surface area contributed by atoms with Crippen LogP contribution in [0.3, 0.4) is 0 Å². The molecule has 2 aliphatic heterocycles. The Hall–Kier alpha value is -1.30. The zero-order chi connectivity index (χ0) is 14.9. The number of carbonyl (C=O) groups is 2. The number of hydrogen-bond donors (Lipinski definition) is 2. The fourth-order valence-electron chi connectivity index (χ4n) is 3.38. The summed E-state index contributed by atoms with van der Waals surface area (Å²) in [5, 5.41) is 19.3. The lowest BCUT2D eigenvalue weighted by Gasteiger charge is -2.41. The van der Waals surface area contributed by atoms with Crippen molar-refractivity contribution in [1.82, 2.24) is 9.80 Å². The number of hydrogen-bond acceptors (Lipinski definition) is 3. The Morgan fingerprint density at radius 3 is 2.60 bits per heavy atom. The minimum Gasteiger partial charge on any atom is -0.479 e. The molecule has 0 aromatic rings. The van der Waals surface area contributed by atoms with Crippen LogP contribution in [0, 0.1) is 5.92 Å². The summed E-state index contributed by atoms with van der Waals surface area (Å²) in [7, 11) is 0. The van der Waals surface area contributed by atoms with Gasteiger partial charge in [-0.15, -0.1) is 0 Å². The van der Waals surface area contributed by atoms with Crippen LogP contribution < -0.4 is 0 Å². The van der Waals surface area contributed by atoms with Crippen LogP contribution in [0.15, 0.2) is 0 Å². The maximum Gasteiger partial charge on any atom is 0.329 e. The quantitative estimate of drug-likeness (QED) is 0.796. The molecule has 6 heteroatoms. The number of carbonyl (C=O) groups excluding carboxylic acids is 1. The lowest BCUT2D eigenvalue weighted by Crippen LogP contribution is -2.58. The molecular formula is C14H24N2O4. The van der Waals surface area contributed by atoms with Crippen LogP contribution in [0.25, 0.3) is 0 Å². The SMILES string of the molecule is CCC1(C(=O)O)CCCN1C(=O)N1CCC(O)C(C)C1. The summed E-state index contributed by atoms with van der Waals surface area (Å²) in [6, 6.07) is -0.189. The van der Waals surface area contributed by atoms with E-state index in [1.165, 1.54) is 4.90 Å². The van der Waals surface area contributed by atoms with E-state index < -0.39 is 11.5 Å². The largest absolute Gasteiger partial charge is 0.479 e. The number of aliphatic hydroxyl groups excluding tert-OH is 1. The van der Waals surface area contributed by atoms with Crippen LogP contribution in [0.2, 0.25) is 0 Å². The maximum atomic E-state index is 12.6. The van der Waals surface area contributed by atoms with Crippen molar-refractivity contribution in [3.05, 3.63) is 0 Å². The zero-order valence-electron chi connectivity index (χ0n) is 12.2. The molecule has 2 aliphatic rings. The third-order valence-corrected chi connectivity index (χ3v) is 4.83. The Morgan fingerprint density at radius 2 is 2.05 bits per heavy atom. The molecule has 3 unspecified atom stereocenters. The molecular weight excluding hydrogens is 260 g/mol. The first kappa shape index (κ1) is 15.1. The van der Waals surface area contributed by atoms with E-state index in [2.05, 4.69) is 0 Å². The number of carboxylic acids is 1. The fraction of sp³-hybridized carbons (Fsp3) is 0.857. The molecule has 6 nitrogen and oxygen atoms in total. The smallest absolute Gasteiger partial charge is 0.329 e. The molecule has 20 heavy (non-hydrogen) atoms. The van der Waals surface area contributed by atoms with Crippen LogP contribution >= 0.6 is 0 Å². The Kier molecular flexibility index (Phi) is 4.22. The van der Waals surface area contributed by atoms with Crippen molar-refractivity contribution in [2.45, 2.75) is 51.2 Å². The van der Waals surface area contributed by atoms with Gasteiger partial charge in [-0.25, -0.2) is 9.59 Å². The molecule has 0 radical (unpaired) electrons. The highest BCUT2D eigenvalue weighted by Gasteiger charge is 2.50. The van der Waals surface area contributed by atoms with Gasteiger partial charge < -0.3 is 20.0 Å². The highest BCUT2D eigenvalue weighted by Crippen LogP contribution is 2.34. The minimum absolute atomic E-state index is 0.0381. The van der Waals surface area contributed by atoms with Gasteiger partial charge in [-0.1, -0.05) is 13.8 Å². The molecule has 3 atom stereocenters. The number of carboxylic acid groups (broad SMARTS) is 1. The van der Waals surface area contributed by atoms with Gasteiger partial charge in [0.1, 0.15) is 5.54 Å². The first-order valence-corrected chi connectivity index (χ1v) is 7.40. The van der Waals surface area contributed by atoms with Crippen molar-refractivity contribution >= 4 is 12.0 Å². The van der Waals surface area contributed by atoms with Crippen molar-refractivity contribution in [3.63, 3.8) is 0 Å². The molecule has 2 heterocycles. The van der Waals surface area contributed by atoms with E-state index in [1.54, 1.807) is 4.90 Å². The standard InChI is InChI=1S/C14H24N2O4/c1-3-14(12(18)19)6-4-7-16(14)13(20)15-8-5-11(17)10(2)9-15/h10-11,17H,3-9H2,1-2H3,(H,18,19). The second-order valence-electron chi connectivity index (χ2n) is 6.01. The second-order valence-corrected chi connectivity index (χ2v) is 6.01. The predicted molar refractivity (Wildman–Crippen MR) is 73.4 cm³/mol. The predicted octanol–water partition coefficient (Wildman–Crippen LogP) is 1.14. The van der Waals surface area contributed by atoms with Crippen molar-refractivity contribution in [1.29, 1.82) is 0 Å². The molecule has 2 amide bonds. The van der Waals surface area contributed by atoms with Gasteiger partial charge in [-0.3, -0.25) is 0 Å². The molecule has 114 valence electrons. The zero-order valence-corrected chi connectivity index (χ0v) is 12.2.